The van der Waals surface area contributed by atoms with E-state index in [1.54, 1.807) is 12.3 Å². The highest BCUT2D eigenvalue weighted by Gasteiger charge is 2.35. The van der Waals surface area contributed by atoms with E-state index in [-0.39, 0.29) is 11.9 Å². The van der Waals surface area contributed by atoms with Crippen LogP contribution in [0.2, 0.25) is 0 Å². The van der Waals surface area contributed by atoms with Crippen molar-refractivity contribution >= 4 is 5.97 Å². The number of carbonyl (C=O) groups excluding carboxylic acids is 1. The normalized spacial score (nSPS) is 23.0. The van der Waals surface area contributed by atoms with E-state index < -0.39 is 0 Å². The standard InChI is InChI=1S/C14H17N3O2/c1-10-7-17(9-13(10)14(18)19-2)8-11-3-4-16-12(5-11)6-15/h3-5,10,13H,7-9H2,1-2H3. The summed E-state index contributed by atoms with van der Waals surface area (Å²) in [4.78, 5) is 17.8. The number of aromatic nitrogens is 1. The summed E-state index contributed by atoms with van der Waals surface area (Å²) in [6, 6.07) is 5.72. The minimum Gasteiger partial charge on any atom is -0.469 e. The molecule has 0 bridgehead atoms. The van der Waals surface area contributed by atoms with Crippen molar-refractivity contribution in [3.8, 4) is 6.07 Å². The summed E-state index contributed by atoms with van der Waals surface area (Å²) in [6.45, 7) is 4.37. The van der Waals surface area contributed by atoms with Crippen LogP contribution >= 0.6 is 0 Å². The lowest BCUT2D eigenvalue weighted by Gasteiger charge is -2.15. The van der Waals surface area contributed by atoms with Crippen molar-refractivity contribution < 1.29 is 9.53 Å². The summed E-state index contributed by atoms with van der Waals surface area (Å²) in [6.07, 6.45) is 1.64. The fourth-order valence-electron chi connectivity index (χ4n) is 2.55. The molecule has 2 rings (SSSR count). The van der Waals surface area contributed by atoms with Crippen molar-refractivity contribution in [3.05, 3.63) is 29.6 Å². The molecule has 100 valence electrons. The van der Waals surface area contributed by atoms with Gasteiger partial charge in [0.15, 0.2) is 0 Å². The highest BCUT2D eigenvalue weighted by atomic mass is 16.5. The highest BCUT2D eigenvalue weighted by Crippen LogP contribution is 2.25. The van der Waals surface area contributed by atoms with Crippen LogP contribution < -0.4 is 0 Å². The zero-order valence-electron chi connectivity index (χ0n) is 11.2. The van der Waals surface area contributed by atoms with Crippen LogP contribution in [0, 0.1) is 23.2 Å². The maximum atomic E-state index is 11.6. The van der Waals surface area contributed by atoms with Gasteiger partial charge in [-0.15, -0.1) is 0 Å². The largest absolute Gasteiger partial charge is 0.469 e. The Balaban J connectivity index is 2.01. The molecule has 2 unspecified atom stereocenters. The van der Waals surface area contributed by atoms with Crippen LogP contribution in [0.15, 0.2) is 18.3 Å². The average Bonchev–Trinajstić information content (AvgIpc) is 2.79. The molecule has 5 nitrogen and oxygen atoms in total. The molecule has 0 amide bonds. The van der Waals surface area contributed by atoms with E-state index in [0.29, 0.717) is 18.2 Å². The lowest BCUT2D eigenvalue weighted by atomic mass is 9.99. The first-order valence-corrected chi connectivity index (χ1v) is 6.29. The summed E-state index contributed by atoms with van der Waals surface area (Å²) in [5, 5.41) is 8.82. The van der Waals surface area contributed by atoms with Gasteiger partial charge in [-0.3, -0.25) is 9.69 Å². The van der Waals surface area contributed by atoms with Crippen LogP contribution in [0.4, 0.5) is 0 Å². The number of hydrogen-bond donors (Lipinski definition) is 0. The summed E-state index contributed by atoms with van der Waals surface area (Å²) in [7, 11) is 1.43. The quantitative estimate of drug-likeness (QED) is 0.763. The second-order valence-electron chi connectivity index (χ2n) is 4.96. The topological polar surface area (TPSA) is 66.2 Å². The van der Waals surface area contributed by atoms with Crippen LogP contribution in [-0.2, 0) is 16.1 Å². The number of rotatable bonds is 3. The average molecular weight is 259 g/mol. The zero-order chi connectivity index (χ0) is 13.8. The zero-order valence-corrected chi connectivity index (χ0v) is 11.2. The molecule has 0 spiro atoms. The van der Waals surface area contributed by atoms with E-state index >= 15 is 0 Å². The van der Waals surface area contributed by atoms with Gasteiger partial charge in [-0.05, 0) is 23.6 Å². The molecule has 19 heavy (non-hydrogen) atoms. The van der Waals surface area contributed by atoms with Crippen molar-refractivity contribution in [2.75, 3.05) is 20.2 Å². The van der Waals surface area contributed by atoms with Crippen molar-refractivity contribution in [1.29, 1.82) is 5.26 Å². The summed E-state index contributed by atoms with van der Waals surface area (Å²) < 4.78 is 4.82. The molecule has 1 aromatic rings. The van der Waals surface area contributed by atoms with Crippen LogP contribution in [0.3, 0.4) is 0 Å². The third-order valence-electron chi connectivity index (χ3n) is 3.54. The molecule has 5 heteroatoms. The van der Waals surface area contributed by atoms with E-state index in [1.807, 2.05) is 12.1 Å². The lowest BCUT2D eigenvalue weighted by Crippen LogP contribution is -2.24. The number of methoxy groups -OCH3 is 1. The first-order chi connectivity index (χ1) is 9.13. The third kappa shape index (κ3) is 3.09. The van der Waals surface area contributed by atoms with Gasteiger partial charge in [0.25, 0.3) is 0 Å². The fraction of sp³-hybridized carbons (Fsp3) is 0.500. The number of nitriles is 1. The smallest absolute Gasteiger partial charge is 0.310 e. The second-order valence-corrected chi connectivity index (χ2v) is 4.96. The number of carbonyl (C=O) groups is 1. The van der Waals surface area contributed by atoms with Gasteiger partial charge in [-0.25, -0.2) is 4.98 Å². The SMILES string of the molecule is COC(=O)C1CN(Cc2ccnc(C#N)c2)CC1C. The van der Waals surface area contributed by atoms with Gasteiger partial charge in [0.05, 0.1) is 13.0 Å². The maximum Gasteiger partial charge on any atom is 0.310 e. The number of nitrogens with zero attached hydrogens (tertiary/aromatic N) is 3. The first-order valence-electron chi connectivity index (χ1n) is 6.29. The molecule has 0 aromatic carbocycles. The Morgan fingerprint density at radius 1 is 1.63 bits per heavy atom. The van der Waals surface area contributed by atoms with Crippen LogP contribution in [0.5, 0.6) is 0 Å². The third-order valence-corrected chi connectivity index (χ3v) is 3.54. The van der Waals surface area contributed by atoms with Gasteiger partial charge < -0.3 is 4.74 Å². The first kappa shape index (κ1) is 13.5. The predicted octanol–water partition coefficient (Wildman–Crippen LogP) is 1.19. The Labute approximate surface area is 112 Å². The van der Waals surface area contributed by atoms with E-state index in [1.165, 1.54) is 7.11 Å². The molecule has 1 aliphatic heterocycles. The number of ether oxygens (including phenoxy) is 1. The minimum absolute atomic E-state index is 0.0534. The molecule has 1 fully saturated rings. The van der Waals surface area contributed by atoms with Gasteiger partial charge in [0, 0.05) is 25.8 Å². The molecule has 0 radical (unpaired) electrons. The molecule has 2 atom stereocenters. The van der Waals surface area contributed by atoms with Crippen molar-refractivity contribution in [2.45, 2.75) is 13.5 Å². The number of esters is 1. The molecule has 0 aliphatic carbocycles. The molecular weight excluding hydrogens is 242 g/mol. The highest BCUT2D eigenvalue weighted by molar-refractivity contribution is 5.73. The molecule has 1 aliphatic rings. The Bertz CT molecular complexity index is 510. The van der Waals surface area contributed by atoms with Crippen molar-refractivity contribution in [1.82, 2.24) is 9.88 Å². The predicted molar refractivity (Wildman–Crippen MR) is 68.9 cm³/mol. The molecule has 0 saturated carbocycles. The molecule has 2 heterocycles. The van der Waals surface area contributed by atoms with E-state index in [9.17, 15) is 4.79 Å². The van der Waals surface area contributed by atoms with E-state index in [2.05, 4.69) is 16.8 Å². The maximum absolute atomic E-state index is 11.6. The monoisotopic (exact) mass is 259 g/mol. The molecular formula is C14H17N3O2. The summed E-state index contributed by atoms with van der Waals surface area (Å²) in [5.74, 6) is 0.106. The Morgan fingerprint density at radius 3 is 3.11 bits per heavy atom. The van der Waals surface area contributed by atoms with Gasteiger partial charge in [-0.2, -0.15) is 5.26 Å². The molecule has 1 aromatic heterocycles. The van der Waals surface area contributed by atoms with Crippen LogP contribution in [-0.4, -0.2) is 36.1 Å². The van der Waals surface area contributed by atoms with Gasteiger partial charge >= 0.3 is 5.97 Å². The fourth-order valence-corrected chi connectivity index (χ4v) is 2.55. The minimum atomic E-state index is -0.137. The van der Waals surface area contributed by atoms with E-state index in [0.717, 1.165) is 18.7 Å². The lowest BCUT2D eigenvalue weighted by molar-refractivity contribution is -0.146. The van der Waals surface area contributed by atoms with Crippen LogP contribution in [0.25, 0.3) is 0 Å². The Morgan fingerprint density at radius 2 is 2.42 bits per heavy atom. The number of likely N-dealkylation sites (tertiary alicyclic amines) is 1. The van der Waals surface area contributed by atoms with Gasteiger partial charge in [-0.1, -0.05) is 6.92 Å². The molecule has 1 saturated heterocycles. The summed E-state index contributed by atoms with van der Waals surface area (Å²) in [5.41, 5.74) is 1.47. The van der Waals surface area contributed by atoms with Gasteiger partial charge in [0.1, 0.15) is 11.8 Å². The Hall–Kier alpha value is -1.93. The second kappa shape index (κ2) is 5.81. The summed E-state index contributed by atoms with van der Waals surface area (Å²) >= 11 is 0. The van der Waals surface area contributed by atoms with Crippen molar-refractivity contribution in [3.63, 3.8) is 0 Å². The van der Waals surface area contributed by atoms with Crippen LogP contribution in [0.1, 0.15) is 18.2 Å². The number of hydrogen-bond acceptors (Lipinski definition) is 5. The van der Waals surface area contributed by atoms with Gasteiger partial charge in [0.2, 0.25) is 0 Å². The Kier molecular flexibility index (Phi) is 4.13. The van der Waals surface area contributed by atoms with Crippen molar-refractivity contribution in [2.24, 2.45) is 11.8 Å². The number of pyridine rings is 1. The van der Waals surface area contributed by atoms with E-state index in [4.69, 9.17) is 10.00 Å². The molecule has 0 N–H and O–H groups in total.